The van der Waals surface area contributed by atoms with E-state index in [1.54, 1.807) is 14.2 Å². The highest BCUT2D eigenvalue weighted by atomic mass is 16.5. The molecule has 1 aliphatic heterocycles. The molecule has 0 radical (unpaired) electrons. The Balaban J connectivity index is 1.37. The number of carbonyl (C=O) groups excluding carboxylic acids is 1. The minimum Gasteiger partial charge on any atom is -0.497 e. The summed E-state index contributed by atoms with van der Waals surface area (Å²) in [5.74, 6) is 1.70. The second-order valence-electron chi connectivity index (χ2n) is 7.79. The number of amides is 1. The van der Waals surface area contributed by atoms with E-state index in [0.717, 1.165) is 35.4 Å². The molecule has 4 rings (SSSR count). The van der Waals surface area contributed by atoms with Crippen LogP contribution in [0.2, 0.25) is 0 Å². The smallest absolute Gasteiger partial charge is 0.221 e. The Bertz CT molecular complexity index is 1060. The third-order valence-electron chi connectivity index (χ3n) is 5.83. The maximum Gasteiger partial charge on any atom is 0.221 e. The van der Waals surface area contributed by atoms with Gasteiger partial charge in [-0.25, -0.2) is 10.9 Å². The van der Waals surface area contributed by atoms with Crippen molar-refractivity contribution in [2.24, 2.45) is 0 Å². The van der Waals surface area contributed by atoms with Crippen LogP contribution in [0.1, 0.15) is 37.1 Å². The minimum absolute atomic E-state index is 0.0311. The van der Waals surface area contributed by atoms with Crippen molar-refractivity contribution in [2.75, 3.05) is 14.2 Å². The van der Waals surface area contributed by atoms with Crippen molar-refractivity contribution >= 4 is 16.8 Å². The quantitative estimate of drug-likeness (QED) is 0.519. The molecule has 1 saturated heterocycles. The van der Waals surface area contributed by atoms with Crippen LogP contribution in [-0.2, 0) is 17.8 Å². The molecule has 1 fully saturated rings. The standard InChI is InChI=1S/C24H30N4O3/c1-4-28-21-10-9-19(31-3)13-17(21)14-22(28)20-15-23(27-26-20)25-24(29)11-8-16-6-5-7-18(12-16)30-2/h5-7,9-10,12-14,20,23,26-27H,4,8,11,15H2,1-3H3,(H,25,29). The molecule has 2 atom stereocenters. The van der Waals surface area contributed by atoms with E-state index in [1.807, 2.05) is 30.3 Å². The number of hydrazine groups is 1. The summed E-state index contributed by atoms with van der Waals surface area (Å²) in [6, 6.07) is 16.3. The Morgan fingerprint density at radius 3 is 2.68 bits per heavy atom. The van der Waals surface area contributed by atoms with Gasteiger partial charge in [0, 0.05) is 36.0 Å². The van der Waals surface area contributed by atoms with Crippen LogP contribution >= 0.6 is 0 Å². The largest absolute Gasteiger partial charge is 0.497 e. The summed E-state index contributed by atoms with van der Waals surface area (Å²) in [7, 11) is 3.33. The number of carbonyl (C=O) groups is 1. The second kappa shape index (κ2) is 9.41. The van der Waals surface area contributed by atoms with E-state index in [0.29, 0.717) is 12.8 Å². The number of hydrogen-bond donors (Lipinski definition) is 3. The average molecular weight is 423 g/mol. The van der Waals surface area contributed by atoms with Crippen molar-refractivity contribution in [3.05, 3.63) is 59.8 Å². The molecule has 7 nitrogen and oxygen atoms in total. The number of aryl methyl sites for hydroxylation is 2. The fourth-order valence-electron chi connectivity index (χ4n) is 4.24. The van der Waals surface area contributed by atoms with Crippen molar-refractivity contribution in [3.63, 3.8) is 0 Å². The van der Waals surface area contributed by atoms with Crippen LogP contribution in [0.4, 0.5) is 0 Å². The Hall–Kier alpha value is -3.03. The number of rotatable bonds is 8. The normalized spacial score (nSPS) is 18.3. The molecule has 3 N–H and O–H groups in total. The third-order valence-corrected chi connectivity index (χ3v) is 5.83. The van der Waals surface area contributed by atoms with Crippen LogP contribution in [0.25, 0.3) is 10.9 Å². The van der Waals surface area contributed by atoms with Crippen LogP contribution in [0.5, 0.6) is 11.5 Å². The second-order valence-corrected chi connectivity index (χ2v) is 7.79. The molecule has 0 spiro atoms. The molecule has 1 aromatic heterocycles. The third kappa shape index (κ3) is 4.68. The van der Waals surface area contributed by atoms with Crippen molar-refractivity contribution < 1.29 is 14.3 Å². The Labute approximate surface area is 182 Å². The van der Waals surface area contributed by atoms with Gasteiger partial charge in [-0.2, -0.15) is 0 Å². The number of nitrogens with one attached hydrogen (secondary N) is 3. The molecule has 3 aromatic rings. The first-order valence-electron chi connectivity index (χ1n) is 10.7. The number of aromatic nitrogens is 1. The van der Waals surface area contributed by atoms with Gasteiger partial charge in [0.05, 0.1) is 26.4 Å². The number of methoxy groups -OCH3 is 2. The van der Waals surface area contributed by atoms with Gasteiger partial charge in [0.1, 0.15) is 11.5 Å². The molecule has 2 heterocycles. The molecular formula is C24H30N4O3. The maximum atomic E-state index is 12.5. The molecule has 2 unspecified atom stereocenters. The zero-order valence-corrected chi connectivity index (χ0v) is 18.3. The summed E-state index contributed by atoms with van der Waals surface area (Å²) in [6.07, 6.45) is 1.78. The average Bonchev–Trinajstić information content (AvgIpc) is 3.41. The van der Waals surface area contributed by atoms with Gasteiger partial charge in [0.2, 0.25) is 5.91 Å². The highest BCUT2D eigenvalue weighted by molar-refractivity contribution is 5.83. The van der Waals surface area contributed by atoms with Crippen molar-refractivity contribution in [3.8, 4) is 11.5 Å². The van der Waals surface area contributed by atoms with Gasteiger partial charge in [0.15, 0.2) is 0 Å². The van der Waals surface area contributed by atoms with E-state index in [-0.39, 0.29) is 18.1 Å². The Morgan fingerprint density at radius 2 is 1.90 bits per heavy atom. The van der Waals surface area contributed by atoms with Gasteiger partial charge in [-0.3, -0.25) is 4.79 Å². The molecule has 2 aromatic carbocycles. The summed E-state index contributed by atoms with van der Waals surface area (Å²) in [5.41, 5.74) is 10.1. The zero-order valence-electron chi connectivity index (χ0n) is 18.3. The zero-order chi connectivity index (χ0) is 21.8. The molecule has 7 heteroatoms. The summed E-state index contributed by atoms with van der Waals surface area (Å²) in [6.45, 7) is 3.02. The van der Waals surface area contributed by atoms with Gasteiger partial charge in [-0.1, -0.05) is 12.1 Å². The number of nitrogens with zero attached hydrogens (tertiary/aromatic N) is 1. The molecule has 31 heavy (non-hydrogen) atoms. The molecule has 0 aliphatic carbocycles. The van der Waals surface area contributed by atoms with E-state index >= 15 is 0 Å². The molecule has 1 aliphatic rings. The number of fused-ring (bicyclic) bond motifs is 1. The minimum atomic E-state index is -0.110. The van der Waals surface area contributed by atoms with Crippen LogP contribution in [-0.4, -0.2) is 30.9 Å². The number of ether oxygens (including phenoxy) is 2. The summed E-state index contributed by atoms with van der Waals surface area (Å²) < 4.78 is 12.9. The SMILES string of the molecule is CCn1c(C2CC(NC(=O)CCc3cccc(OC)c3)NN2)cc2cc(OC)ccc21. The van der Waals surface area contributed by atoms with Gasteiger partial charge in [0.25, 0.3) is 0 Å². The summed E-state index contributed by atoms with van der Waals surface area (Å²) in [5, 5.41) is 4.25. The summed E-state index contributed by atoms with van der Waals surface area (Å²) >= 11 is 0. The van der Waals surface area contributed by atoms with E-state index in [1.165, 1.54) is 11.2 Å². The lowest BCUT2D eigenvalue weighted by Gasteiger charge is -2.14. The van der Waals surface area contributed by atoms with E-state index < -0.39 is 0 Å². The molecular weight excluding hydrogens is 392 g/mol. The maximum absolute atomic E-state index is 12.5. The summed E-state index contributed by atoms with van der Waals surface area (Å²) in [4.78, 5) is 12.5. The van der Waals surface area contributed by atoms with Gasteiger partial charge < -0.3 is 19.4 Å². The molecule has 0 bridgehead atoms. The van der Waals surface area contributed by atoms with Crippen LogP contribution in [0.3, 0.4) is 0 Å². The van der Waals surface area contributed by atoms with E-state index in [4.69, 9.17) is 9.47 Å². The van der Waals surface area contributed by atoms with Crippen LogP contribution < -0.4 is 25.6 Å². The Kier molecular flexibility index (Phi) is 6.44. The predicted octanol–water partition coefficient (Wildman–Crippen LogP) is 3.29. The molecule has 1 amide bonds. The fraction of sp³-hybridized carbons (Fsp3) is 0.375. The first-order valence-corrected chi connectivity index (χ1v) is 10.7. The topological polar surface area (TPSA) is 76.6 Å². The van der Waals surface area contributed by atoms with Gasteiger partial charge in [-0.15, -0.1) is 0 Å². The fourth-order valence-corrected chi connectivity index (χ4v) is 4.24. The lowest BCUT2D eigenvalue weighted by atomic mass is 10.1. The monoisotopic (exact) mass is 422 g/mol. The molecule has 164 valence electrons. The van der Waals surface area contributed by atoms with Crippen molar-refractivity contribution in [2.45, 2.75) is 44.9 Å². The van der Waals surface area contributed by atoms with Crippen molar-refractivity contribution in [1.29, 1.82) is 0 Å². The highest BCUT2D eigenvalue weighted by Gasteiger charge is 2.28. The number of benzene rings is 2. The molecule has 0 saturated carbocycles. The highest BCUT2D eigenvalue weighted by Crippen LogP contribution is 2.30. The van der Waals surface area contributed by atoms with E-state index in [9.17, 15) is 4.79 Å². The van der Waals surface area contributed by atoms with Crippen molar-refractivity contribution in [1.82, 2.24) is 20.7 Å². The lowest BCUT2D eigenvalue weighted by Crippen LogP contribution is -2.44. The first kappa shape index (κ1) is 21.2. The first-order chi connectivity index (χ1) is 15.1. The van der Waals surface area contributed by atoms with Crippen LogP contribution in [0.15, 0.2) is 48.5 Å². The number of hydrogen-bond acceptors (Lipinski definition) is 5. The van der Waals surface area contributed by atoms with Gasteiger partial charge in [-0.05, 0) is 55.3 Å². The van der Waals surface area contributed by atoms with E-state index in [2.05, 4.69) is 45.9 Å². The Morgan fingerprint density at radius 1 is 1.10 bits per heavy atom. The predicted molar refractivity (Wildman–Crippen MR) is 121 cm³/mol. The lowest BCUT2D eigenvalue weighted by molar-refractivity contribution is -0.121. The van der Waals surface area contributed by atoms with Crippen LogP contribution in [0, 0.1) is 0 Å². The van der Waals surface area contributed by atoms with Gasteiger partial charge >= 0.3 is 0 Å².